The molecule has 1 unspecified atom stereocenters. The molecule has 3 aromatic rings. The van der Waals surface area contributed by atoms with Crippen LogP contribution >= 0.6 is 11.9 Å². The van der Waals surface area contributed by atoms with Crippen LogP contribution in [0.1, 0.15) is 67.5 Å². The first-order chi connectivity index (χ1) is 20.6. The summed E-state index contributed by atoms with van der Waals surface area (Å²) in [6, 6.07) is 21.1. The standard InChI is InChI=1S/C22H28N2O4S.C11H13FO2/c1-29-23-12-2-3-16-4-10-19(11-5-16)24-20(13-21(24)27)17-6-8-18(9-7-17)22(28,14-25)15-26;1-3-11(14-8(2)13)9-4-6-10(12)7-5-9/h4-11,20,23,25-26,28H,2-3,12-15H2,1H3;4-7,11H,3H2,1-2H3/t;11-/m.0/s1. The van der Waals surface area contributed by atoms with Crippen molar-refractivity contribution in [3.05, 3.63) is 101 Å². The molecule has 2 atom stereocenters. The molecule has 8 nitrogen and oxygen atoms in total. The molecule has 1 heterocycles. The third-order valence-electron chi connectivity index (χ3n) is 7.33. The molecule has 1 saturated heterocycles. The van der Waals surface area contributed by atoms with Crippen molar-refractivity contribution < 1.29 is 34.0 Å². The maximum absolute atomic E-state index is 12.6. The van der Waals surface area contributed by atoms with Gasteiger partial charge in [0.2, 0.25) is 5.91 Å². The van der Waals surface area contributed by atoms with Crippen LogP contribution in [0.25, 0.3) is 0 Å². The van der Waals surface area contributed by atoms with Gasteiger partial charge in [-0.05, 0) is 72.0 Å². The number of β-lactam (4-membered cyclic amide) rings is 1. The Kier molecular flexibility index (Phi) is 13.2. The van der Waals surface area contributed by atoms with Gasteiger partial charge in [-0.15, -0.1) is 0 Å². The highest BCUT2D eigenvalue weighted by atomic mass is 32.2. The molecular weight excluding hydrogens is 571 g/mol. The number of benzene rings is 3. The van der Waals surface area contributed by atoms with E-state index in [1.807, 2.05) is 37.4 Å². The van der Waals surface area contributed by atoms with Crippen LogP contribution in [-0.2, 0) is 26.3 Å². The molecule has 1 aliphatic heterocycles. The van der Waals surface area contributed by atoms with Crippen LogP contribution in [0, 0.1) is 5.82 Å². The summed E-state index contributed by atoms with van der Waals surface area (Å²) in [5.74, 6) is -0.522. The zero-order valence-corrected chi connectivity index (χ0v) is 25.6. The second kappa shape index (κ2) is 16.5. The minimum absolute atomic E-state index is 0.0514. The maximum Gasteiger partial charge on any atom is 0.303 e. The molecule has 1 fully saturated rings. The van der Waals surface area contributed by atoms with Crippen LogP contribution in [0.4, 0.5) is 10.1 Å². The van der Waals surface area contributed by atoms with Crippen LogP contribution < -0.4 is 9.62 Å². The quantitative estimate of drug-likeness (QED) is 0.0924. The van der Waals surface area contributed by atoms with Crippen molar-refractivity contribution in [1.82, 2.24) is 4.72 Å². The van der Waals surface area contributed by atoms with Gasteiger partial charge in [0.15, 0.2) is 0 Å². The lowest BCUT2D eigenvalue weighted by atomic mass is 9.89. The number of amides is 1. The molecule has 4 rings (SSSR count). The molecule has 232 valence electrons. The van der Waals surface area contributed by atoms with Crippen molar-refractivity contribution in [1.29, 1.82) is 0 Å². The fourth-order valence-electron chi connectivity index (χ4n) is 4.81. The van der Waals surface area contributed by atoms with E-state index in [1.165, 1.54) is 24.6 Å². The highest BCUT2D eigenvalue weighted by molar-refractivity contribution is 7.96. The molecule has 0 spiro atoms. The maximum atomic E-state index is 12.6. The molecule has 0 radical (unpaired) electrons. The van der Waals surface area contributed by atoms with E-state index in [1.54, 1.807) is 41.1 Å². The first kappa shape index (κ1) is 34.2. The van der Waals surface area contributed by atoms with Crippen molar-refractivity contribution in [2.45, 2.75) is 57.3 Å². The van der Waals surface area contributed by atoms with Gasteiger partial charge in [0.05, 0.1) is 25.7 Å². The molecule has 3 aromatic carbocycles. The average molecular weight is 613 g/mol. The molecule has 10 heteroatoms. The monoisotopic (exact) mass is 612 g/mol. The molecule has 0 aliphatic carbocycles. The predicted molar refractivity (Wildman–Crippen MR) is 167 cm³/mol. The summed E-state index contributed by atoms with van der Waals surface area (Å²) < 4.78 is 20.9. The van der Waals surface area contributed by atoms with E-state index >= 15 is 0 Å². The topological polar surface area (TPSA) is 119 Å². The van der Waals surface area contributed by atoms with Crippen molar-refractivity contribution >= 4 is 29.5 Å². The van der Waals surface area contributed by atoms with Gasteiger partial charge in [0.25, 0.3) is 0 Å². The minimum Gasteiger partial charge on any atom is -0.458 e. The Balaban J connectivity index is 0.000000303. The van der Waals surface area contributed by atoms with E-state index in [4.69, 9.17) is 4.74 Å². The molecule has 1 aliphatic rings. The zero-order valence-electron chi connectivity index (χ0n) is 24.8. The lowest BCUT2D eigenvalue weighted by molar-refractivity contribution is -0.146. The van der Waals surface area contributed by atoms with E-state index in [0.29, 0.717) is 18.4 Å². The lowest BCUT2D eigenvalue weighted by Gasteiger charge is -2.41. The van der Waals surface area contributed by atoms with Gasteiger partial charge in [-0.25, -0.2) is 4.39 Å². The van der Waals surface area contributed by atoms with E-state index in [-0.39, 0.29) is 29.8 Å². The number of hydrogen-bond donors (Lipinski definition) is 4. The first-order valence-corrected chi connectivity index (χ1v) is 15.5. The highest BCUT2D eigenvalue weighted by Gasteiger charge is 2.38. The fraction of sp³-hybridized carbons (Fsp3) is 0.394. The summed E-state index contributed by atoms with van der Waals surface area (Å²) in [5.41, 5.74) is 2.70. The number of carbonyl (C=O) groups excluding carboxylic acids is 2. The number of aliphatic hydroxyl groups is 3. The molecule has 1 amide bonds. The summed E-state index contributed by atoms with van der Waals surface area (Å²) in [6.07, 6.45) is 4.92. The minimum atomic E-state index is -1.66. The number of carbonyl (C=O) groups is 2. The number of esters is 1. The number of ether oxygens (including phenoxy) is 1. The van der Waals surface area contributed by atoms with Crippen LogP contribution in [0.5, 0.6) is 0 Å². The lowest BCUT2D eigenvalue weighted by Crippen LogP contribution is -2.46. The number of nitrogens with zero attached hydrogens (tertiary/aromatic N) is 1. The van der Waals surface area contributed by atoms with Gasteiger partial charge in [-0.1, -0.05) is 67.4 Å². The highest BCUT2D eigenvalue weighted by Crippen LogP contribution is 2.39. The Labute approximate surface area is 257 Å². The Morgan fingerprint density at radius 1 is 1.07 bits per heavy atom. The second-order valence-corrected chi connectivity index (χ2v) is 11.1. The van der Waals surface area contributed by atoms with Crippen LogP contribution in [0.3, 0.4) is 0 Å². The van der Waals surface area contributed by atoms with Gasteiger partial charge in [0, 0.05) is 19.2 Å². The number of aliphatic hydroxyl groups excluding tert-OH is 2. The molecule has 43 heavy (non-hydrogen) atoms. The second-order valence-electron chi connectivity index (χ2n) is 10.4. The van der Waals surface area contributed by atoms with Gasteiger partial charge in [-0.3, -0.25) is 14.3 Å². The smallest absolute Gasteiger partial charge is 0.303 e. The number of rotatable bonds is 13. The Morgan fingerprint density at radius 2 is 1.70 bits per heavy atom. The van der Waals surface area contributed by atoms with Crippen LogP contribution in [0.15, 0.2) is 72.8 Å². The molecule has 0 bridgehead atoms. The number of hydrogen-bond acceptors (Lipinski definition) is 8. The van der Waals surface area contributed by atoms with E-state index in [0.717, 1.165) is 36.2 Å². The fourth-order valence-corrected chi connectivity index (χ4v) is 5.16. The average Bonchev–Trinajstić information content (AvgIpc) is 3.02. The molecule has 0 aromatic heterocycles. The SMILES string of the molecule is CC[C@H](OC(C)=O)c1ccc(F)cc1.CSNCCCc1ccc(N2C(=O)CC2c2ccc(C(O)(CO)CO)cc2)cc1. The number of nitrogens with one attached hydrogen (secondary N) is 1. The van der Waals surface area contributed by atoms with Crippen molar-refractivity contribution in [2.75, 3.05) is 30.9 Å². The Bertz CT molecular complexity index is 1300. The molecule has 0 saturated carbocycles. The summed E-state index contributed by atoms with van der Waals surface area (Å²) in [6.45, 7) is 3.13. The van der Waals surface area contributed by atoms with Gasteiger partial charge in [0.1, 0.15) is 17.5 Å². The van der Waals surface area contributed by atoms with Crippen molar-refractivity contribution in [3.8, 4) is 0 Å². The normalized spacial score (nSPS) is 15.3. The number of aryl methyl sites for hydroxylation is 1. The van der Waals surface area contributed by atoms with Gasteiger partial charge in [-0.2, -0.15) is 0 Å². The van der Waals surface area contributed by atoms with Crippen LogP contribution in [-0.4, -0.2) is 53.2 Å². The summed E-state index contributed by atoms with van der Waals surface area (Å²) >= 11 is 1.62. The Hall–Kier alpha value is -3.28. The van der Waals surface area contributed by atoms with Crippen LogP contribution in [0.2, 0.25) is 0 Å². The number of halogens is 1. The van der Waals surface area contributed by atoms with Crippen molar-refractivity contribution in [3.63, 3.8) is 0 Å². The molecule has 4 N–H and O–H groups in total. The largest absolute Gasteiger partial charge is 0.458 e. The van der Waals surface area contributed by atoms with E-state index in [9.17, 15) is 29.3 Å². The predicted octanol–water partition coefficient (Wildman–Crippen LogP) is 4.98. The third kappa shape index (κ3) is 9.35. The summed E-state index contributed by atoms with van der Waals surface area (Å²) in [7, 11) is 0. The Morgan fingerprint density at radius 3 is 2.21 bits per heavy atom. The number of anilines is 1. The zero-order chi connectivity index (χ0) is 31.4. The molecular formula is C33H41FN2O6S. The van der Waals surface area contributed by atoms with Gasteiger partial charge >= 0.3 is 5.97 Å². The summed E-state index contributed by atoms with van der Waals surface area (Å²) in [4.78, 5) is 24.8. The summed E-state index contributed by atoms with van der Waals surface area (Å²) in [5, 5.41) is 28.9. The van der Waals surface area contributed by atoms with Gasteiger partial charge < -0.3 is 25.0 Å². The van der Waals surface area contributed by atoms with E-state index < -0.39 is 18.8 Å². The third-order valence-corrected chi connectivity index (χ3v) is 7.82. The van der Waals surface area contributed by atoms with E-state index in [2.05, 4.69) is 16.9 Å². The first-order valence-electron chi connectivity index (χ1n) is 14.3. The van der Waals surface area contributed by atoms with Crippen molar-refractivity contribution in [2.24, 2.45) is 0 Å².